The molecule has 0 saturated carbocycles. The first kappa shape index (κ1) is 11.3. The van der Waals surface area contributed by atoms with Crippen LogP contribution in [-0.2, 0) is 0 Å². The topological polar surface area (TPSA) is 3.24 Å². The highest BCUT2D eigenvalue weighted by atomic mass is 127. The highest BCUT2D eigenvalue weighted by Crippen LogP contribution is 2.23. The van der Waals surface area contributed by atoms with Gasteiger partial charge in [-0.3, -0.25) is 4.90 Å². The molecule has 0 spiro atoms. The van der Waals surface area contributed by atoms with Gasteiger partial charge in [-0.1, -0.05) is 5.92 Å². The first-order valence-electron chi connectivity index (χ1n) is 4.90. The van der Waals surface area contributed by atoms with Gasteiger partial charge in [0.2, 0.25) is 0 Å². The average Bonchev–Trinajstić information content (AvgIpc) is 2.04. The molecule has 0 N–H and O–H groups in total. The molecule has 1 rings (SSSR count). The third kappa shape index (κ3) is 3.47. The predicted octanol–water partition coefficient (Wildman–Crippen LogP) is 2.89. The molecule has 1 saturated heterocycles. The van der Waals surface area contributed by atoms with Crippen LogP contribution in [0, 0.1) is 15.8 Å². The summed E-state index contributed by atoms with van der Waals surface area (Å²) in [4.78, 5) is 2.55. The predicted molar refractivity (Wildman–Crippen MR) is 65.8 cm³/mol. The first-order valence-corrected chi connectivity index (χ1v) is 5.98. The number of piperidine rings is 1. The van der Waals surface area contributed by atoms with Gasteiger partial charge in [-0.05, 0) is 50.6 Å². The Morgan fingerprint density at radius 1 is 1.23 bits per heavy atom. The standard InChI is InChI=1S/C11H18IN/c1-11(2,3)13-8-5-10(4-7-12)6-9-13/h10H,5-6,8-9H2,1-3H3. The Kier molecular flexibility index (Phi) is 4.06. The number of hydrogen-bond donors (Lipinski definition) is 0. The van der Waals surface area contributed by atoms with Crippen molar-refractivity contribution in [2.24, 2.45) is 5.92 Å². The van der Waals surface area contributed by atoms with Gasteiger partial charge in [-0.15, -0.1) is 0 Å². The van der Waals surface area contributed by atoms with Crippen molar-refractivity contribution in [1.29, 1.82) is 0 Å². The van der Waals surface area contributed by atoms with Gasteiger partial charge >= 0.3 is 0 Å². The molecule has 1 aliphatic rings. The first-order chi connectivity index (χ1) is 6.04. The number of likely N-dealkylation sites (tertiary alicyclic amines) is 1. The van der Waals surface area contributed by atoms with Crippen LogP contribution in [0.3, 0.4) is 0 Å². The molecule has 0 atom stereocenters. The molecule has 13 heavy (non-hydrogen) atoms. The van der Waals surface area contributed by atoms with Crippen LogP contribution in [0.1, 0.15) is 33.6 Å². The lowest BCUT2D eigenvalue weighted by molar-refractivity contribution is 0.0987. The number of hydrogen-bond acceptors (Lipinski definition) is 1. The lowest BCUT2D eigenvalue weighted by Crippen LogP contribution is -2.45. The van der Waals surface area contributed by atoms with Crippen LogP contribution in [-0.4, -0.2) is 23.5 Å². The third-order valence-electron chi connectivity index (χ3n) is 2.70. The summed E-state index contributed by atoms with van der Waals surface area (Å²) >= 11 is 2.14. The summed E-state index contributed by atoms with van der Waals surface area (Å²) in [5, 5.41) is 0. The average molecular weight is 291 g/mol. The second-order valence-electron chi connectivity index (χ2n) is 4.67. The number of rotatable bonds is 0. The van der Waals surface area contributed by atoms with E-state index in [1.807, 2.05) is 0 Å². The molecule has 2 heteroatoms. The molecule has 1 nitrogen and oxygen atoms in total. The molecule has 0 radical (unpaired) electrons. The van der Waals surface area contributed by atoms with Gasteiger partial charge in [0.25, 0.3) is 0 Å². The third-order valence-corrected chi connectivity index (χ3v) is 3.01. The van der Waals surface area contributed by atoms with Gasteiger partial charge in [0, 0.05) is 34.0 Å². The summed E-state index contributed by atoms with van der Waals surface area (Å²) in [5.74, 6) is 3.92. The largest absolute Gasteiger partial charge is 0.298 e. The molecule has 74 valence electrons. The van der Waals surface area contributed by atoms with E-state index in [0.717, 1.165) is 0 Å². The smallest absolute Gasteiger partial charge is 0.0235 e. The molecule has 0 aromatic heterocycles. The second kappa shape index (κ2) is 4.65. The Bertz CT molecular complexity index is 210. The Morgan fingerprint density at radius 2 is 1.77 bits per heavy atom. The van der Waals surface area contributed by atoms with Crippen LogP contribution < -0.4 is 0 Å². The van der Waals surface area contributed by atoms with Crippen LogP contribution in [0.4, 0.5) is 0 Å². The lowest BCUT2D eigenvalue weighted by Gasteiger charge is -2.39. The zero-order chi connectivity index (χ0) is 9.90. The number of nitrogens with zero attached hydrogens (tertiary/aromatic N) is 1. The van der Waals surface area contributed by atoms with E-state index in [2.05, 4.69) is 58.1 Å². The number of halogens is 1. The molecule has 0 amide bonds. The minimum absolute atomic E-state index is 0.336. The summed E-state index contributed by atoms with van der Waals surface area (Å²) in [6.07, 6.45) is 2.49. The van der Waals surface area contributed by atoms with E-state index in [1.54, 1.807) is 0 Å². The van der Waals surface area contributed by atoms with Crippen molar-refractivity contribution < 1.29 is 0 Å². The quantitative estimate of drug-likeness (QED) is 0.490. The fraction of sp³-hybridized carbons (Fsp3) is 0.818. The van der Waals surface area contributed by atoms with E-state index in [1.165, 1.54) is 25.9 Å². The normalized spacial score (nSPS) is 20.9. The van der Waals surface area contributed by atoms with Crippen molar-refractivity contribution in [1.82, 2.24) is 4.90 Å². The summed E-state index contributed by atoms with van der Waals surface area (Å²) in [7, 11) is 0. The van der Waals surface area contributed by atoms with Gasteiger partial charge in [0.15, 0.2) is 0 Å². The maximum absolute atomic E-state index is 3.27. The molecule has 0 aliphatic carbocycles. The Hall–Kier alpha value is 0.250. The zero-order valence-corrected chi connectivity index (χ0v) is 10.9. The molecule has 1 fully saturated rings. The molecule has 0 unspecified atom stereocenters. The van der Waals surface area contributed by atoms with Crippen molar-refractivity contribution >= 4 is 22.6 Å². The molecular formula is C11H18IN. The highest BCUT2D eigenvalue weighted by molar-refractivity contribution is 14.1. The monoisotopic (exact) mass is 291 g/mol. The van der Waals surface area contributed by atoms with E-state index in [4.69, 9.17) is 0 Å². The maximum Gasteiger partial charge on any atom is 0.0235 e. The van der Waals surface area contributed by atoms with Gasteiger partial charge < -0.3 is 0 Å². The fourth-order valence-electron chi connectivity index (χ4n) is 1.77. The van der Waals surface area contributed by atoms with E-state index >= 15 is 0 Å². The zero-order valence-electron chi connectivity index (χ0n) is 8.73. The minimum atomic E-state index is 0.336. The summed E-state index contributed by atoms with van der Waals surface area (Å²) < 4.78 is 2.99. The van der Waals surface area contributed by atoms with Crippen molar-refractivity contribution in [3.63, 3.8) is 0 Å². The van der Waals surface area contributed by atoms with Crippen LogP contribution in [0.2, 0.25) is 0 Å². The van der Waals surface area contributed by atoms with Crippen molar-refractivity contribution in [3.8, 4) is 9.85 Å². The van der Waals surface area contributed by atoms with Crippen LogP contribution in [0.15, 0.2) is 0 Å². The summed E-state index contributed by atoms with van der Waals surface area (Å²) in [6.45, 7) is 9.28. The Morgan fingerprint density at radius 3 is 2.15 bits per heavy atom. The Labute approximate surface area is 95.4 Å². The van der Waals surface area contributed by atoms with Gasteiger partial charge in [-0.2, -0.15) is 0 Å². The highest BCUT2D eigenvalue weighted by Gasteiger charge is 2.25. The van der Waals surface area contributed by atoms with Crippen molar-refractivity contribution in [2.45, 2.75) is 39.2 Å². The molecular weight excluding hydrogens is 273 g/mol. The van der Waals surface area contributed by atoms with Crippen LogP contribution in [0.5, 0.6) is 0 Å². The van der Waals surface area contributed by atoms with Gasteiger partial charge in [-0.25, -0.2) is 0 Å². The van der Waals surface area contributed by atoms with Gasteiger partial charge in [0.1, 0.15) is 0 Å². The second-order valence-corrected chi connectivity index (χ2v) is 5.21. The summed E-state index contributed by atoms with van der Waals surface area (Å²) in [5.41, 5.74) is 0.336. The SMILES string of the molecule is CC(C)(C)N1CCC(C#CI)CC1. The molecule has 0 bridgehead atoms. The van der Waals surface area contributed by atoms with Crippen LogP contribution >= 0.6 is 22.6 Å². The van der Waals surface area contributed by atoms with E-state index < -0.39 is 0 Å². The van der Waals surface area contributed by atoms with Crippen LogP contribution in [0.25, 0.3) is 0 Å². The van der Waals surface area contributed by atoms with Crippen molar-refractivity contribution in [2.75, 3.05) is 13.1 Å². The molecule has 1 heterocycles. The summed E-state index contributed by atoms with van der Waals surface area (Å²) in [6, 6.07) is 0. The van der Waals surface area contributed by atoms with E-state index in [-0.39, 0.29) is 0 Å². The molecule has 0 aromatic carbocycles. The minimum Gasteiger partial charge on any atom is -0.298 e. The maximum atomic E-state index is 3.27. The van der Waals surface area contributed by atoms with E-state index in [0.29, 0.717) is 11.5 Å². The van der Waals surface area contributed by atoms with Crippen molar-refractivity contribution in [3.05, 3.63) is 0 Å². The van der Waals surface area contributed by atoms with Gasteiger partial charge in [0.05, 0.1) is 0 Å². The Balaban J connectivity index is 2.42. The fourth-order valence-corrected chi connectivity index (χ4v) is 2.21. The lowest BCUT2D eigenvalue weighted by atomic mass is 9.94. The molecule has 1 aliphatic heterocycles. The van der Waals surface area contributed by atoms with E-state index in [9.17, 15) is 0 Å². The molecule has 0 aromatic rings.